The summed E-state index contributed by atoms with van der Waals surface area (Å²) in [6, 6.07) is 7.80. The van der Waals surface area contributed by atoms with Gasteiger partial charge in [0.2, 0.25) is 0 Å². The lowest BCUT2D eigenvalue weighted by Crippen LogP contribution is -1.74. The van der Waals surface area contributed by atoms with Gasteiger partial charge in [-0.15, -0.1) is 24.0 Å². The van der Waals surface area contributed by atoms with Crippen molar-refractivity contribution < 1.29 is 0 Å². The number of rotatable bonds is 0. The van der Waals surface area contributed by atoms with Gasteiger partial charge in [0.05, 0.1) is 14.0 Å². The fraction of sp³-hybridized carbons (Fsp3) is 0. The second-order valence-electron chi connectivity index (χ2n) is 2.54. The van der Waals surface area contributed by atoms with E-state index in [1.54, 1.807) is 17.4 Å². The summed E-state index contributed by atoms with van der Waals surface area (Å²) in [6.45, 7) is 0. The van der Waals surface area contributed by atoms with Crippen LogP contribution in [0.2, 0.25) is 0 Å². The van der Waals surface area contributed by atoms with Gasteiger partial charge in [-0.2, -0.15) is 5.26 Å². The highest BCUT2D eigenvalue weighted by Gasteiger charge is 2.06. The lowest BCUT2D eigenvalue weighted by molar-refractivity contribution is 1.49. The number of hydrogen-bond acceptors (Lipinski definition) is 3. The predicted molar refractivity (Wildman–Crippen MR) is 61.5 cm³/mol. The summed E-state index contributed by atoms with van der Waals surface area (Å²) in [5.74, 6) is 0. The van der Waals surface area contributed by atoms with Crippen LogP contribution in [0.3, 0.4) is 0 Å². The molecule has 0 aliphatic carbocycles. The van der Waals surface area contributed by atoms with E-state index in [-0.39, 0.29) is 0 Å². The molecule has 0 saturated carbocycles. The molecular weight excluding hydrogens is 266 g/mol. The zero-order valence-corrected chi connectivity index (χ0v) is 9.71. The molecule has 0 aliphatic rings. The molecule has 1 aromatic carbocycles. The Hall–Kier alpha value is -0.500. The quantitative estimate of drug-likeness (QED) is 0.723. The van der Waals surface area contributed by atoms with Crippen molar-refractivity contribution >= 4 is 50.0 Å². The highest BCUT2D eigenvalue weighted by atomic mass is 79.9. The Morgan fingerprint density at radius 3 is 2.92 bits per heavy atom. The molecule has 0 amide bonds. The van der Waals surface area contributed by atoms with Crippen LogP contribution in [-0.4, -0.2) is 0 Å². The van der Waals surface area contributed by atoms with E-state index in [4.69, 9.17) is 5.26 Å². The molecule has 1 heterocycles. The highest BCUT2D eigenvalue weighted by molar-refractivity contribution is 9.11. The minimum Gasteiger partial charge on any atom is -0.192 e. The lowest BCUT2D eigenvalue weighted by Gasteiger charge is -1.95. The average molecular weight is 270 g/mol. The number of thiol groups is 1. The minimum atomic E-state index is 0.712. The Balaban J connectivity index is 2.94. The van der Waals surface area contributed by atoms with Crippen LogP contribution in [0.4, 0.5) is 0 Å². The van der Waals surface area contributed by atoms with Crippen molar-refractivity contribution in [1.29, 1.82) is 5.26 Å². The summed E-state index contributed by atoms with van der Waals surface area (Å²) in [7, 11) is 0. The maximum atomic E-state index is 8.85. The number of halogens is 1. The van der Waals surface area contributed by atoms with Gasteiger partial charge in [0.15, 0.2) is 0 Å². The average Bonchev–Trinajstić information content (AvgIpc) is 2.48. The van der Waals surface area contributed by atoms with Gasteiger partial charge in [0.25, 0.3) is 0 Å². The number of fused-ring (bicyclic) bond motifs is 1. The number of thiophene rings is 1. The summed E-state index contributed by atoms with van der Waals surface area (Å²) >= 11 is 9.29. The predicted octanol–water partition coefficient (Wildman–Crippen LogP) is 3.82. The number of nitrogens with zero attached hydrogens (tertiary/aromatic N) is 1. The van der Waals surface area contributed by atoms with E-state index in [1.807, 2.05) is 12.1 Å². The van der Waals surface area contributed by atoms with E-state index in [1.165, 1.54) is 0 Å². The standard InChI is InChI=1S/C9H4BrNS2/c10-8-3-6-7(12)2-1-5(4-11)9(6)13-8/h1-3,12H. The van der Waals surface area contributed by atoms with Gasteiger partial charge in [0, 0.05) is 10.3 Å². The van der Waals surface area contributed by atoms with Crippen molar-refractivity contribution in [2.45, 2.75) is 4.90 Å². The van der Waals surface area contributed by atoms with Crippen molar-refractivity contribution in [3.8, 4) is 6.07 Å². The first-order valence-corrected chi connectivity index (χ1v) is 5.59. The third kappa shape index (κ3) is 1.48. The van der Waals surface area contributed by atoms with Crippen molar-refractivity contribution in [2.24, 2.45) is 0 Å². The van der Waals surface area contributed by atoms with Crippen molar-refractivity contribution in [2.75, 3.05) is 0 Å². The Bertz CT molecular complexity index is 510. The molecule has 4 heteroatoms. The molecule has 2 aromatic rings. The van der Waals surface area contributed by atoms with Crippen LogP contribution in [0, 0.1) is 11.3 Å². The molecule has 0 aliphatic heterocycles. The molecule has 1 aromatic heterocycles. The Morgan fingerprint density at radius 2 is 2.23 bits per heavy atom. The summed E-state index contributed by atoms with van der Waals surface area (Å²) in [6.07, 6.45) is 0. The monoisotopic (exact) mass is 269 g/mol. The van der Waals surface area contributed by atoms with E-state index in [2.05, 4.69) is 34.6 Å². The van der Waals surface area contributed by atoms with E-state index < -0.39 is 0 Å². The normalized spacial score (nSPS) is 10.2. The summed E-state index contributed by atoms with van der Waals surface area (Å²) in [5, 5.41) is 9.89. The fourth-order valence-corrected chi connectivity index (χ4v) is 3.08. The van der Waals surface area contributed by atoms with Gasteiger partial charge in [-0.1, -0.05) is 0 Å². The molecule has 64 valence electrons. The van der Waals surface area contributed by atoms with Gasteiger partial charge >= 0.3 is 0 Å². The molecule has 0 saturated heterocycles. The van der Waals surface area contributed by atoms with Crippen LogP contribution in [-0.2, 0) is 0 Å². The first-order valence-electron chi connectivity index (χ1n) is 3.53. The van der Waals surface area contributed by atoms with Crippen molar-refractivity contribution in [1.82, 2.24) is 0 Å². The van der Waals surface area contributed by atoms with Crippen molar-refractivity contribution in [3.05, 3.63) is 27.5 Å². The van der Waals surface area contributed by atoms with Gasteiger partial charge in [-0.3, -0.25) is 0 Å². The third-order valence-electron chi connectivity index (χ3n) is 1.75. The number of benzene rings is 1. The van der Waals surface area contributed by atoms with Gasteiger partial charge in [0.1, 0.15) is 6.07 Å². The Labute approximate surface area is 93.5 Å². The fourth-order valence-electron chi connectivity index (χ4n) is 1.17. The second-order valence-corrected chi connectivity index (χ2v) is 5.45. The maximum Gasteiger partial charge on any atom is 0.101 e. The first kappa shape index (κ1) is 9.07. The highest BCUT2D eigenvalue weighted by Crippen LogP contribution is 2.35. The summed E-state index contributed by atoms with van der Waals surface area (Å²) in [5.41, 5.74) is 0.712. The summed E-state index contributed by atoms with van der Waals surface area (Å²) in [4.78, 5) is 0.913. The molecule has 0 radical (unpaired) electrons. The largest absolute Gasteiger partial charge is 0.192 e. The Morgan fingerprint density at radius 1 is 1.46 bits per heavy atom. The minimum absolute atomic E-state index is 0.712. The molecule has 0 fully saturated rings. The van der Waals surface area contributed by atoms with Gasteiger partial charge in [-0.25, -0.2) is 0 Å². The van der Waals surface area contributed by atoms with Gasteiger partial charge < -0.3 is 0 Å². The lowest BCUT2D eigenvalue weighted by atomic mass is 10.2. The van der Waals surface area contributed by atoms with E-state index in [0.29, 0.717) is 5.56 Å². The molecular formula is C9H4BrNS2. The molecule has 0 atom stereocenters. The Kier molecular flexibility index (Phi) is 2.33. The van der Waals surface area contributed by atoms with E-state index >= 15 is 0 Å². The van der Waals surface area contributed by atoms with E-state index in [0.717, 1.165) is 18.8 Å². The zero-order chi connectivity index (χ0) is 9.42. The zero-order valence-electron chi connectivity index (χ0n) is 6.41. The molecule has 2 rings (SSSR count). The SMILES string of the molecule is N#Cc1ccc(S)c2cc(Br)sc12. The molecule has 13 heavy (non-hydrogen) atoms. The number of nitriles is 1. The second kappa shape index (κ2) is 3.33. The third-order valence-corrected chi connectivity index (χ3v) is 3.81. The van der Waals surface area contributed by atoms with Crippen LogP contribution < -0.4 is 0 Å². The van der Waals surface area contributed by atoms with Crippen LogP contribution in [0.1, 0.15) is 5.56 Å². The maximum absolute atomic E-state index is 8.85. The van der Waals surface area contributed by atoms with Gasteiger partial charge in [-0.05, 0) is 34.1 Å². The molecule has 0 N–H and O–H groups in total. The smallest absolute Gasteiger partial charge is 0.101 e. The molecule has 0 unspecified atom stereocenters. The number of hydrogen-bond donors (Lipinski definition) is 1. The first-order chi connectivity index (χ1) is 6.22. The van der Waals surface area contributed by atoms with Crippen LogP contribution in [0.15, 0.2) is 26.9 Å². The van der Waals surface area contributed by atoms with Crippen LogP contribution in [0.5, 0.6) is 0 Å². The molecule has 1 nitrogen and oxygen atoms in total. The van der Waals surface area contributed by atoms with Crippen LogP contribution in [0.25, 0.3) is 10.1 Å². The van der Waals surface area contributed by atoms with E-state index in [9.17, 15) is 0 Å². The topological polar surface area (TPSA) is 23.8 Å². The van der Waals surface area contributed by atoms with Crippen LogP contribution >= 0.6 is 39.9 Å². The van der Waals surface area contributed by atoms with Crippen molar-refractivity contribution in [3.63, 3.8) is 0 Å². The summed E-state index contributed by atoms with van der Waals surface area (Å²) < 4.78 is 2.03. The molecule has 0 spiro atoms. The molecule has 0 bridgehead atoms.